The lowest BCUT2D eigenvalue weighted by Gasteiger charge is -2.09. The molecule has 1 unspecified atom stereocenters. The number of aromatic amines is 1. The lowest BCUT2D eigenvalue weighted by molar-refractivity contribution is -0.115. The van der Waals surface area contributed by atoms with Crippen LogP contribution in [0.15, 0.2) is 59.6 Å². The highest BCUT2D eigenvalue weighted by atomic mass is 16.2. The van der Waals surface area contributed by atoms with E-state index in [0.717, 1.165) is 11.4 Å². The summed E-state index contributed by atoms with van der Waals surface area (Å²) in [7, 11) is 1.70. The van der Waals surface area contributed by atoms with Gasteiger partial charge in [-0.25, -0.2) is 4.99 Å². The number of hydrogen-bond acceptors (Lipinski definition) is 6. The first-order valence-corrected chi connectivity index (χ1v) is 11.3. The molecule has 36 heavy (non-hydrogen) atoms. The predicted octanol–water partition coefficient (Wildman–Crippen LogP) is 3.68. The van der Waals surface area contributed by atoms with Gasteiger partial charge in [0.05, 0.1) is 5.69 Å². The number of nitrogens with one attached hydrogen (secondary N) is 3. The number of aliphatic imine (C=N–C) groups is 1. The number of rotatable bonds is 6. The fourth-order valence-electron chi connectivity index (χ4n) is 4.12. The Morgan fingerprint density at radius 3 is 2.61 bits per heavy atom. The number of nitrogens with zero attached hydrogens (tertiary/aromatic N) is 4. The molecule has 1 aliphatic heterocycles. The third-order valence-corrected chi connectivity index (χ3v) is 5.85. The summed E-state index contributed by atoms with van der Waals surface area (Å²) in [5.74, 6) is -0.943. The fraction of sp³-hybridized carbons (Fsp3) is 0.154. The summed E-state index contributed by atoms with van der Waals surface area (Å²) < 4.78 is 1.51. The molecule has 0 spiro atoms. The van der Waals surface area contributed by atoms with Gasteiger partial charge in [0.2, 0.25) is 5.91 Å². The summed E-state index contributed by atoms with van der Waals surface area (Å²) in [5, 5.41) is 16.7. The Kier molecular flexibility index (Phi) is 5.77. The van der Waals surface area contributed by atoms with Crippen molar-refractivity contribution in [2.24, 2.45) is 12.0 Å². The van der Waals surface area contributed by atoms with Crippen molar-refractivity contribution in [2.45, 2.75) is 19.8 Å². The number of H-pyrrole nitrogens is 1. The van der Waals surface area contributed by atoms with E-state index in [1.54, 1.807) is 61.6 Å². The summed E-state index contributed by atoms with van der Waals surface area (Å²) in [6, 6.07) is 15.3. The van der Waals surface area contributed by atoms with Crippen molar-refractivity contribution in [1.29, 1.82) is 0 Å². The minimum absolute atomic E-state index is 0.222. The Labute approximate surface area is 206 Å². The Hall–Kier alpha value is -4.86. The van der Waals surface area contributed by atoms with Crippen molar-refractivity contribution in [3.05, 3.63) is 88.4 Å². The molecule has 3 heterocycles. The maximum Gasteiger partial charge on any atom is 0.273 e. The molecule has 2 amide bonds. The van der Waals surface area contributed by atoms with Crippen molar-refractivity contribution in [3.8, 4) is 0 Å². The van der Waals surface area contributed by atoms with E-state index in [-0.39, 0.29) is 17.6 Å². The highest BCUT2D eigenvalue weighted by Gasteiger charge is 2.30. The molecule has 0 bridgehead atoms. The number of benzene rings is 2. The van der Waals surface area contributed by atoms with Crippen LogP contribution in [0.3, 0.4) is 0 Å². The summed E-state index contributed by atoms with van der Waals surface area (Å²) in [6.45, 7) is 3.67. The second-order valence-electron chi connectivity index (χ2n) is 8.61. The van der Waals surface area contributed by atoms with Crippen LogP contribution in [-0.2, 0) is 11.8 Å². The number of aromatic nitrogens is 4. The highest BCUT2D eigenvalue weighted by molar-refractivity contribution is 6.15. The van der Waals surface area contributed by atoms with Crippen LogP contribution in [0.2, 0.25) is 0 Å². The van der Waals surface area contributed by atoms with Gasteiger partial charge < -0.3 is 10.6 Å². The zero-order chi connectivity index (χ0) is 25.4. The zero-order valence-corrected chi connectivity index (χ0v) is 19.9. The van der Waals surface area contributed by atoms with Crippen LogP contribution in [0.25, 0.3) is 0 Å². The Morgan fingerprint density at radius 1 is 1.08 bits per heavy atom. The molecule has 4 aromatic rings. The summed E-state index contributed by atoms with van der Waals surface area (Å²) in [4.78, 5) is 42.8. The largest absolute Gasteiger partial charge is 0.325 e. The molecule has 10 nitrogen and oxygen atoms in total. The number of carbonyl (C=O) groups is 3. The van der Waals surface area contributed by atoms with E-state index in [0.29, 0.717) is 39.6 Å². The fourth-order valence-corrected chi connectivity index (χ4v) is 4.12. The number of anilines is 2. The van der Waals surface area contributed by atoms with Crippen LogP contribution in [0.1, 0.15) is 49.3 Å². The van der Waals surface area contributed by atoms with Gasteiger partial charge in [0.25, 0.3) is 5.91 Å². The number of hydrogen-bond donors (Lipinski definition) is 3. The van der Waals surface area contributed by atoms with Gasteiger partial charge in [-0.15, -0.1) is 0 Å². The quantitative estimate of drug-likeness (QED) is 0.285. The van der Waals surface area contributed by atoms with E-state index in [1.165, 1.54) is 10.9 Å². The summed E-state index contributed by atoms with van der Waals surface area (Å²) in [6.07, 6.45) is 1.53. The number of fused-ring (bicyclic) bond motifs is 1. The minimum Gasteiger partial charge on any atom is -0.325 e. The monoisotopic (exact) mass is 481 g/mol. The molecule has 0 aliphatic carbocycles. The van der Waals surface area contributed by atoms with Crippen molar-refractivity contribution >= 4 is 41.0 Å². The molecule has 0 saturated heterocycles. The normalized spacial score (nSPS) is 14.6. The number of ketones is 1. The van der Waals surface area contributed by atoms with Crippen LogP contribution in [0, 0.1) is 13.8 Å². The first kappa shape index (κ1) is 22.9. The van der Waals surface area contributed by atoms with Gasteiger partial charge in [-0.2, -0.15) is 10.2 Å². The van der Waals surface area contributed by atoms with E-state index in [4.69, 9.17) is 0 Å². The Bertz CT molecular complexity index is 1550. The van der Waals surface area contributed by atoms with Gasteiger partial charge in [0, 0.05) is 47.5 Å². The smallest absolute Gasteiger partial charge is 0.273 e. The molecule has 5 rings (SSSR count). The molecular weight excluding hydrogens is 458 g/mol. The molecule has 0 saturated carbocycles. The van der Waals surface area contributed by atoms with Crippen molar-refractivity contribution in [3.63, 3.8) is 0 Å². The van der Waals surface area contributed by atoms with Gasteiger partial charge in [0.15, 0.2) is 11.6 Å². The van der Waals surface area contributed by atoms with Crippen molar-refractivity contribution in [2.75, 3.05) is 10.6 Å². The van der Waals surface area contributed by atoms with Crippen LogP contribution in [0.5, 0.6) is 0 Å². The third kappa shape index (κ3) is 4.43. The Balaban J connectivity index is 1.38. The van der Waals surface area contributed by atoms with Crippen molar-refractivity contribution < 1.29 is 14.4 Å². The molecule has 10 heteroatoms. The minimum atomic E-state index is -0.641. The lowest BCUT2D eigenvalue weighted by Crippen LogP contribution is -2.16. The molecule has 0 radical (unpaired) electrons. The second-order valence-corrected chi connectivity index (χ2v) is 8.61. The Morgan fingerprint density at radius 2 is 1.89 bits per heavy atom. The molecule has 1 atom stereocenters. The maximum atomic E-state index is 13.3. The van der Waals surface area contributed by atoms with E-state index in [1.807, 2.05) is 13.8 Å². The van der Waals surface area contributed by atoms with E-state index in [9.17, 15) is 14.4 Å². The standard InChI is InChI=1S/C26H23N7O3/c1-14-10-23(31-30-14)27-13-20-19-12-17(7-8-21(19)29-25(20)35)24(34)16-5-4-6-18(11-16)28-26(36)22-9-15(2)32-33(22)3/h4-13,20H,1-3H3,(H,28,36)(H,29,35)(H,30,31). The molecule has 1 aliphatic rings. The van der Waals surface area contributed by atoms with E-state index >= 15 is 0 Å². The van der Waals surface area contributed by atoms with Gasteiger partial charge >= 0.3 is 0 Å². The van der Waals surface area contributed by atoms with Crippen LogP contribution < -0.4 is 10.6 Å². The lowest BCUT2D eigenvalue weighted by atomic mass is 9.96. The molecular formula is C26H23N7O3. The average molecular weight is 482 g/mol. The third-order valence-electron chi connectivity index (χ3n) is 5.85. The number of amides is 2. The van der Waals surface area contributed by atoms with Gasteiger partial charge in [-0.3, -0.25) is 24.2 Å². The molecule has 180 valence electrons. The van der Waals surface area contributed by atoms with Crippen molar-refractivity contribution in [1.82, 2.24) is 20.0 Å². The predicted molar refractivity (Wildman–Crippen MR) is 135 cm³/mol. The van der Waals surface area contributed by atoms with Crippen LogP contribution in [0.4, 0.5) is 17.2 Å². The highest BCUT2D eigenvalue weighted by Crippen LogP contribution is 2.33. The zero-order valence-electron chi connectivity index (χ0n) is 19.9. The maximum absolute atomic E-state index is 13.3. The first-order chi connectivity index (χ1) is 17.3. The topological polar surface area (TPSA) is 134 Å². The molecule has 2 aromatic carbocycles. The summed E-state index contributed by atoms with van der Waals surface area (Å²) >= 11 is 0. The second kappa shape index (κ2) is 9.06. The number of aryl methyl sites for hydroxylation is 3. The van der Waals surface area contributed by atoms with Gasteiger partial charge in [-0.05, 0) is 55.8 Å². The van der Waals surface area contributed by atoms with E-state index in [2.05, 4.69) is 30.9 Å². The molecule has 3 N–H and O–H groups in total. The van der Waals surface area contributed by atoms with Crippen LogP contribution >= 0.6 is 0 Å². The molecule has 0 fully saturated rings. The molecule has 2 aromatic heterocycles. The first-order valence-electron chi connectivity index (χ1n) is 11.3. The average Bonchev–Trinajstić information content (AvgIpc) is 3.52. The number of carbonyl (C=O) groups excluding carboxylic acids is 3. The summed E-state index contributed by atoms with van der Waals surface area (Å²) in [5.41, 5.74) is 4.63. The van der Waals surface area contributed by atoms with Gasteiger partial charge in [0.1, 0.15) is 11.6 Å². The van der Waals surface area contributed by atoms with Gasteiger partial charge in [-0.1, -0.05) is 12.1 Å². The van der Waals surface area contributed by atoms with E-state index < -0.39 is 5.92 Å². The SMILES string of the molecule is Cc1cc(C(=O)Nc2cccc(C(=O)c3ccc4c(c3)C(C=Nc3cc(C)[nH]n3)C(=O)N4)c2)n(C)n1. The van der Waals surface area contributed by atoms with Crippen LogP contribution in [-0.4, -0.2) is 43.8 Å².